The number of amides is 1. The molecule has 92 heavy (non-hydrogen) atoms. The molecule has 2 atom stereocenters. The molecular weight excluding hydrogens is 1130 g/mol. The van der Waals surface area contributed by atoms with Crippen LogP contribution in [-0.2, 0) is 14.3 Å². The second-order valence-electron chi connectivity index (χ2n) is 28.4. The zero-order chi connectivity index (χ0) is 66.3. The van der Waals surface area contributed by atoms with Crippen molar-refractivity contribution in [1.82, 2.24) is 5.32 Å². The molecule has 0 spiro atoms. The summed E-state index contributed by atoms with van der Waals surface area (Å²) in [4.78, 5) is 24.7. The Labute approximate surface area is 575 Å². The van der Waals surface area contributed by atoms with E-state index in [9.17, 15) is 19.8 Å². The van der Waals surface area contributed by atoms with Crippen molar-refractivity contribution in [2.45, 2.75) is 463 Å². The van der Waals surface area contributed by atoms with E-state index in [0.717, 1.165) is 57.8 Å². The molecule has 540 valence electrons. The van der Waals surface area contributed by atoms with E-state index in [4.69, 9.17) is 4.74 Å². The van der Waals surface area contributed by atoms with E-state index in [1.165, 1.54) is 366 Å². The Balaban J connectivity index is 3.40. The van der Waals surface area contributed by atoms with Gasteiger partial charge in [-0.1, -0.05) is 402 Å². The zero-order valence-corrected chi connectivity index (χ0v) is 62.0. The molecule has 0 aliphatic carbocycles. The van der Waals surface area contributed by atoms with Crippen molar-refractivity contribution in [2.24, 2.45) is 0 Å². The van der Waals surface area contributed by atoms with Gasteiger partial charge in [0.1, 0.15) is 0 Å². The highest BCUT2D eigenvalue weighted by atomic mass is 16.5. The van der Waals surface area contributed by atoms with Gasteiger partial charge in [-0.05, 0) is 96.3 Å². The van der Waals surface area contributed by atoms with Gasteiger partial charge in [-0.15, -0.1) is 0 Å². The summed E-state index contributed by atoms with van der Waals surface area (Å²) in [6, 6.07) is -0.629. The van der Waals surface area contributed by atoms with Crippen LogP contribution in [0, 0.1) is 0 Å². The van der Waals surface area contributed by atoms with Crippen LogP contribution in [0.4, 0.5) is 0 Å². The molecule has 0 saturated carbocycles. The number of unbranched alkanes of at least 4 members (excludes halogenated alkanes) is 59. The zero-order valence-electron chi connectivity index (χ0n) is 62.0. The quantitative estimate of drug-likeness (QED) is 0.0320. The van der Waals surface area contributed by atoms with Crippen molar-refractivity contribution < 1.29 is 24.5 Å². The normalized spacial score (nSPS) is 12.8. The SMILES string of the molecule is CCCCCC/C=C\C/C=C\CCCCCCCC(=O)OCCCCCCCCCCCCC/C=C\C/C=C\CCCCCCCCCCCCCCCCCCCC(=O)NC(CO)C(O)/C=C/CCCCCCCCCCCCCCCCCCCCCCCC. The number of aliphatic hydroxyl groups is 2. The van der Waals surface area contributed by atoms with E-state index in [1.807, 2.05) is 6.08 Å². The molecule has 0 aromatic carbocycles. The predicted molar refractivity (Wildman–Crippen MR) is 407 cm³/mol. The molecule has 0 aromatic heterocycles. The maximum Gasteiger partial charge on any atom is 0.305 e. The van der Waals surface area contributed by atoms with Gasteiger partial charge >= 0.3 is 5.97 Å². The van der Waals surface area contributed by atoms with E-state index in [-0.39, 0.29) is 18.5 Å². The molecule has 0 aromatic rings. The monoisotopic (exact) mass is 1290 g/mol. The van der Waals surface area contributed by atoms with Gasteiger partial charge < -0.3 is 20.3 Å². The molecule has 0 aliphatic heterocycles. The van der Waals surface area contributed by atoms with Gasteiger partial charge in [-0.25, -0.2) is 0 Å². The number of carbonyl (C=O) groups excluding carboxylic acids is 2. The van der Waals surface area contributed by atoms with Crippen molar-refractivity contribution >= 4 is 11.9 Å². The van der Waals surface area contributed by atoms with Gasteiger partial charge in [0.15, 0.2) is 0 Å². The molecule has 6 heteroatoms. The molecule has 0 bridgehead atoms. The summed E-state index contributed by atoms with van der Waals surface area (Å²) in [7, 11) is 0. The first-order chi connectivity index (χ1) is 45.5. The highest BCUT2D eigenvalue weighted by Gasteiger charge is 2.18. The highest BCUT2D eigenvalue weighted by molar-refractivity contribution is 5.76. The lowest BCUT2D eigenvalue weighted by Crippen LogP contribution is -2.45. The van der Waals surface area contributed by atoms with Gasteiger partial charge in [0, 0.05) is 12.8 Å². The fraction of sp³-hybridized carbons (Fsp3) is 0.860. The number of hydrogen-bond donors (Lipinski definition) is 3. The lowest BCUT2D eigenvalue weighted by Gasteiger charge is -2.20. The van der Waals surface area contributed by atoms with Crippen LogP contribution in [0.5, 0.6) is 0 Å². The van der Waals surface area contributed by atoms with Gasteiger partial charge in [0.2, 0.25) is 5.91 Å². The standard InChI is InChI=1S/C86H161NO5/c1-3-5-7-9-11-13-15-17-19-21-22-23-24-38-41-44-47-50-54-58-62-66-70-74-78-84(89)83(82-88)87-85(90)79-75-71-67-63-59-55-51-48-45-42-39-36-34-32-30-28-26-25-27-29-31-33-35-37-40-43-46-49-53-57-61-65-69-73-77-81-92-86(91)80-76-72-68-64-60-56-52-20-18-16-14-12-10-8-6-4-2/h14,16,20,27,29,33,35,52,74,78,83-84,88-89H,3-13,15,17-19,21-26,28,30-32,34,36-51,53-73,75-77,79-82H2,1-2H3,(H,87,90)/b16-14-,29-27-,35-33-,52-20-,78-74+. The largest absolute Gasteiger partial charge is 0.466 e. The number of aliphatic hydroxyl groups excluding tert-OH is 2. The second-order valence-corrected chi connectivity index (χ2v) is 28.4. The summed E-state index contributed by atoms with van der Waals surface area (Å²) in [6.07, 6.45) is 109. The third-order valence-corrected chi connectivity index (χ3v) is 19.3. The summed E-state index contributed by atoms with van der Waals surface area (Å²) in [6.45, 7) is 4.92. The maximum absolute atomic E-state index is 12.6. The van der Waals surface area contributed by atoms with Crippen LogP contribution in [-0.4, -0.2) is 47.4 Å². The molecule has 0 radical (unpaired) electrons. The van der Waals surface area contributed by atoms with Crippen molar-refractivity contribution in [1.29, 1.82) is 0 Å². The average molecular weight is 1290 g/mol. The number of carbonyl (C=O) groups is 2. The predicted octanol–water partition coefficient (Wildman–Crippen LogP) is 27.7. The highest BCUT2D eigenvalue weighted by Crippen LogP contribution is 2.20. The first kappa shape index (κ1) is 89.6. The van der Waals surface area contributed by atoms with Crippen LogP contribution in [0.1, 0.15) is 450 Å². The van der Waals surface area contributed by atoms with Crippen molar-refractivity contribution in [3.05, 3.63) is 60.8 Å². The van der Waals surface area contributed by atoms with Crippen LogP contribution < -0.4 is 5.32 Å². The molecular formula is C86H161NO5. The topological polar surface area (TPSA) is 95.9 Å². The Hall–Kier alpha value is -2.44. The van der Waals surface area contributed by atoms with Gasteiger partial charge in [0.25, 0.3) is 0 Å². The van der Waals surface area contributed by atoms with Crippen LogP contribution in [0.2, 0.25) is 0 Å². The van der Waals surface area contributed by atoms with Crippen LogP contribution in [0.25, 0.3) is 0 Å². The molecule has 0 fully saturated rings. The van der Waals surface area contributed by atoms with Crippen LogP contribution in [0.3, 0.4) is 0 Å². The number of allylic oxidation sites excluding steroid dienone is 9. The van der Waals surface area contributed by atoms with E-state index in [1.54, 1.807) is 6.08 Å². The minimum atomic E-state index is -0.845. The minimum Gasteiger partial charge on any atom is -0.466 e. The van der Waals surface area contributed by atoms with Crippen molar-refractivity contribution in [3.8, 4) is 0 Å². The van der Waals surface area contributed by atoms with E-state index in [0.29, 0.717) is 19.4 Å². The van der Waals surface area contributed by atoms with E-state index >= 15 is 0 Å². The Morgan fingerprint density at radius 1 is 0.304 bits per heavy atom. The summed E-state index contributed by atoms with van der Waals surface area (Å²) in [5.74, 6) is -0.0578. The summed E-state index contributed by atoms with van der Waals surface area (Å²) in [5, 5.41) is 23.3. The minimum absolute atomic E-state index is 0.00338. The number of rotatable bonds is 78. The summed E-state index contributed by atoms with van der Waals surface area (Å²) >= 11 is 0. The Morgan fingerprint density at radius 3 is 0.837 bits per heavy atom. The smallest absolute Gasteiger partial charge is 0.305 e. The third-order valence-electron chi connectivity index (χ3n) is 19.3. The molecule has 6 nitrogen and oxygen atoms in total. The Kier molecular flexibility index (Phi) is 78.8. The van der Waals surface area contributed by atoms with Crippen LogP contribution >= 0.6 is 0 Å². The molecule has 1 amide bonds. The number of esters is 1. The van der Waals surface area contributed by atoms with Gasteiger partial charge in [0.05, 0.1) is 25.4 Å². The van der Waals surface area contributed by atoms with Gasteiger partial charge in [-0.3, -0.25) is 9.59 Å². The van der Waals surface area contributed by atoms with E-state index in [2.05, 4.69) is 67.8 Å². The lowest BCUT2D eigenvalue weighted by molar-refractivity contribution is -0.143. The fourth-order valence-electron chi connectivity index (χ4n) is 12.9. The Morgan fingerprint density at radius 2 is 0.543 bits per heavy atom. The Bertz CT molecular complexity index is 1580. The van der Waals surface area contributed by atoms with Crippen molar-refractivity contribution in [2.75, 3.05) is 13.2 Å². The summed E-state index contributed by atoms with van der Waals surface area (Å²) < 4.78 is 5.49. The van der Waals surface area contributed by atoms with Gasteiger partial charge in [-0.2, -0.15) is 0 Å². The number of hydrogen-bond acceptors (Lipinski definition) is 5. The number of ether oxygens (including phenoxy) is 1. The van der Waals surface area contributed by atoms with E-state index < -0.39 is 12.1 Å². The maximum atomic E-state index is 12.6. The first-order valence-electron chi connectivity index (χ1n) is 41.6. The fourth-order valence-corrected chi connectivity index (χ4v) is 12.9. The molecule has 3 N–H and O–H groups in total. The molecule has 0 heterocycles. The lowest BCUT2D eigenvalue weighted by atomic mass is 10.0. The molecule has 0 saturated heterocycles. The average Bonchev–Trinajstić information content (AvgIpc) is 3.61. The van der Waals surface area contributed by atoms with Crippen LogP contribution in [0.15, 0.2) is 60.8 Å². The summed E-state index contributed by atoms with van der Waals surface area (Å²) in [5.41, 5.74) is 0. The molecule has 0 aliphatic rings. The first-order valence-corrected chi connectivity index (χ1v) is 41.6. The third kappa shape index (κ3) is 76.6. The molecule has 2 unspecified atom stereocenters. The number of nitrogens with one attached hydrogen (secondary N) is 1. The van der Waals surface area contributed by atoms with Crippen molar-refractivity contribution in [3.63, 3.8) is 0 Å². The second kappa shape index (κ2) is 81.0. The molecule has 0 rings (SSSR count).